The average Bonchev–Trinajstić information content (AvgIpc) is 2.62. The minimum Gasteiger partial charge on any atom is -0.350 e. The first-order valence-corrected chi connectivity index (χ1v) is 8.10. The normalized spacial score (nSPS) is 10.4. The highest BCUT2D eigenvalue weighted by Gasteiger charge is 2.15. The molecule has 0 aliphatic heterocycles. The molecule has 1 aromatic heterocycles. The van der Waals surface area contributed by atoms with Crippen LogP contribution < -0.4 is 5.32 Å². The first-order chi connectivity index (χ1) is 11.7. The van der Waals surface area contributed by atoms with Gasteiger partial charge >= 0.3 is 0 Å². The fourth-order valence-electron chi connectivity index (χ4n) is 1.97. The predicted octanol–water partition coefficient (Wildman–Crippen LogP) is 2.98. The number of nitrogens with zero attached hydrogens (tertiary/aromatic N) is 2. The summed E-state index contributed by atoms with van der Waals surface area (Å²) in [5.41, 5.74) is 1.68. The lowest BCUT2D eigenvalue weighted by Crippen LogP contribution is -2.14. The molecule has 7 heteroatoms. The van der Waals surface area contributed by atoms with Crippen molar-refractivity contribution >= 4 is 23.4 Å². The molecule has 0 saturated carbocycles. The highest BCUT2D eigenvalue weighted by molar-refractivity contribution is 8.00. The SMILES string of the molecule is COC(OC)c1ccc(C#N)c(SCC(=O)Nc2ccccc2)n1. The first kappa shape index (κ1) is 17.9. The number of para-hydroxylation sites is 1. The van der Waals surface area contributed by atoms with Gasteiger partial charge in [0.2, 0.25) is 12.2 Å². The summed E-state index contributed by atoms with van der Waals surface area (Å²) in [6.07, 6.45) is -0.616. The Balaban J connectivity index is 2.06. The van der Waals surface area contributed by atoms with Crippen LogP contribution in [0.25, 0.3) is 0 Å². The van der Waals surface area contributed by atoms with E-state index < -0.39 is 6.29 Å². The molecule has 0 bridgehead atoms. The lowest BCUT2D eigenvalue weighted by atomic mass is 10.2. The summed E-state index contributed by atoms with van der Waals surface area (Å²) in [5.74, 6) is -0.0256. The first-order valence-electron chi connectivity index (χ1n) is 7.12. The molecule has 2 aromatic rings. The third kappa shape index (κ3) is 4.80. The molecule has 1 aromatic carbocycles. The second-order valence-electron chi connectivity index (χ2n) is 4.71. The number of amides is 1. The fourth-order valence-corrected chi connectivity index (χ4v) is 2.75. The molecule has 0 saturated heterocycles. The molecule has 124 valence electrons. The van der Waals surface area contributed by atoms with Crippen LogP contribution in [0.2, 0.25) is 0 Å². The number of aromatic nitrogens is 1. The highest BCUT2D eigenvalue weighted by atomic mass is 32.2. The molecule has 0 aliphatic rings. The highest BCUT2D eigenvalue weighted by Crippen LogP contribution is 2.24. The maximum absolute atomic E-state index is 12.0. The molecule has 24 heavy (non-hydrogen) atoms. The van der Waals surface area contributed by atoms with Crippen molar-refractivity contribution in [2.24, 2.45) is 0 Å². The van der Waals surface area contributed by atoms with Gasteiger partial charge in [0.05, 0.1) is 17.0 Å². The van der Waals surface area contributed by atoms with Crippen molar-refractivity contribution in [3.05, 3.63) is 53.7 Å². The third-order valence-corrected chi connectivity index (χ3v) is 4.06. The second kappa shape index (κ2) is 9.03. The summed E-state index contributed by atoms with van der Waals surface area (Å²) < 4.78 is 10.3. The van der Waals surface area contributed by atoms with Gasteiger partial charge in [-0.25, -0.2) is 4.98 Å². The van der Waals surface area contributed by atoms with Crippen molar-refractivity contribution < 1.29 is 14.3 Å². The Bertz CT molecular complexity index is 728. The summed E-state index contributed by atoms with van der Waals surface area (Å²) in [6, 6.07) is 14.6. The number of nitriles is 1. The van der Waals surface area contributed by atoms with E-state index in [9.17, 15) is 10.1 Å². The maximum Gasteiger partial charge on any atom is 0.234 e. The molecular weight excluding hydrogens is 326 g/mol. The predicted molar refractivity (Wildman–Crippen MR) is 91.5 cm³/mol. The number of nitrogens with one attached hydrogen (secondary N) is 1. The summed E-state index contributed by atoms with van der Waals surface area (Å²) in [5, 5.41) is 12.5. The molecule has 0 atom stereocenters. The van der Waals surface area contributed by atoms with E-state index in [-0.39, 0.29) is 11.7 Å². The van der Waals surface area contributed by atoms with Gasteiger partial charge in [-0.05, 0) is 24.3 Å². The number of ether oxygens (including phenoxy) is 2. The van der Waals surface area contributed by atoms with Gasteiger partial charge in [-0.1, -0.05) is 30.0 Å². The number of carbonyl (C=O) groups excluding carboxylic acids is 1. The Kier molecular flexibility index (Phi) is 6.75. The average molecular weight is 343 g/mol. The number of methoxy groups -OCH3 is 2. The zero-order valence-corrected chi connectivity index (χ0v) is 14.2. The molecule has 2 rings (SSSR count). The zero-order valence-electron chi connectivity index (χ0n) is 13.4. The van der Waals surface area contributed by atoms with Gasteiger partial charge in [-0.15, -0.1) is 0 Å². The zero-order chi connectivity index (χ0) is 17.4. The lowest BCUT2D eigenvalue weighted by Gasteiger charge is -2.14. The topological polar surface area (TPSA) is 84.2 Å². The number of hydrogen-bond donors (Lipinski definition) is 1. The minimum absolute atomic E-state index is 0.144. The summed E-state index contributed by atoms with van der Waals surface area (Å²) in [4.78, 5) is 16.4. The van der Waals surface area contributed by atoms with E-state index in [0.29, 0.717) is 16.3 Å². The van der Waals surface area contributed by atoms with E-state index in [0.717, 1.165) is 5.69 Å². The molecule has 6 nitrogen and oxygen atoms in total. The van der Waals surface area contributed by atoms with E-state index in [1.165, 1.54) is 26.0 Å². The number of rotatable bonds is 7. The smallest absolute Gasteiger partial charge is 0.234 e. The van der Waals surface area contributed by atoms with Crippen LogP contribution in [0.3, 0.4) is 0 Å². The van der Waals surface area contributed by atoms with Gasteiger partial charge in [-0.2, -0.15) is 5.26 Å². The van der Waals surface area contributed by atoms with Crippen LogP contribution in [-0.4, -0.2) is 30.9 Å². The maximum atomic E-state index is 12.0. The quantitative estimate of drug-likeness (QED) is 0.614. The number of carbonyl (C=O) groups is 1. The van der Waals surface area contributed by atoms with Gasteiger partial charge in [-0.3, -0.25) is 4.79 Å². The fraction of sp³-hybridized carbons (Fsp3) is 0.235. The Hall–Kier alpha value is -2.40. The van der Waals surface area contributed by atoms with Crippen LogP contribution in [-0.2, 0) is 14.3 Å². The molecule has 0 unspecified atom stereocenters. The molecule has 0 aliphatic carbocycles. The van der Waals surface area contributed by atoms with E-state index in [1.807, 2.05) is 30.3 Å². The van der Waals surface area contributed by atoms with E-state index >= 15 is 0 Å². The summed E-state index contributed by atoms with van der Waals surface area (Å²) >= 11 is 1.19. The van der Waals surface area contributed by atoms with Crippen molar-refractivity contribution in [3.8, 4) is 6.07 Å². The van der Waals surface area contributed by atoms with E-state index in [4.69, 9.17) is 9.47 Å². The van der Waals surface area contributed by atoms with Crippen molar-refractivity contribution in [3.63, 3.8) is 0 Å². The molecule has 1 N–H and O–H groups in total. The van der Waals surface area contributed by atoms with Gasteiger partial charge in [0, 0.05) is 19.9 Å². The minimum atomic E-state index is -0.616. The van der Waals surface area contributed by atoms with Crippen LogP contribution in [0.5, 0.6) is 0 Å². The molecule has 1 heterocycles. The monoisotopic (exact) mass is 343 g/mol. The largest absolute Gasteiger partial charge is 0.350 e. The van der Waals surface area contributed by atoms with E-state index in [2.05, 4.69) is 16.4 Å². The number of anilines is 1. The molecule has 0 radical (unpaired) electrons. The lowest BCUT2D eigenvalue weighted by molar-refractivity contribution is -0.113. The van der Waals surface area contributed by atoms with Crippen LogP contribution in [0.15, 0.2) is 47.5 Å². The van der Waals surface area contributed by atoms with Crippen molar-refractivity contribution in [2.45, 2.75) is 11.3 Å². The van der Waals surface area contributed by atoms with Crippen molar-refractivity contribution in [2.75, 3.05) is 25.3 Å². The van der Waals surface area contributed by atoms with Gasteiger partial charge in [0.1, 0.15) is 11.1 Å². The van der Waals surface area contributed by atoms with Crippen LogP contribution in [0.4, 0.5) is 5.69 Å². The number of thioether (sulfide) groups is 1. The number of hydrogen-bond acceptors (Lipinski definition) is 6. The molecule has 0 fully saturated rings. The van der Waals surface area contributed by atoms with Gasteiger partial charge in [0.15, 0.2) is 0 Å². The second-order valence-corrected chi connectivity index (χ2v) is 5.67. The van der Waals surface area contributed by atoms with Crippen molar-refractivity contribution in [1.29, 1.82) is 5.26 Å². The molecule has 0 spiro atoms. The summed E-state index contributed by atoms with van der Waals surface area (Å²) in [7, 11) is 3.02. The molecular formula is C17H17N3O3S. The van der Waals surface area contributed by atoms with Gasteiger partial charge < -0.3 is 14.8 Å². The van der Waals surface area contributed by atoms with Crippen LogP contribution in [0.1, 0.15) is 17.5 Å². The molecule has 1 amide bonds. The van der Waals surface area contributed by atoms with Gasteiger partial charge in [0.25, 0.3) is 0 Å². The Morgan fingerprint density at radius 2 is 1.96 bits per heavy atom. The van der Waals surface area contributed by atoms with E-state index in [1.54, 1.807) is 12.1 Å². The summed E-state index contributed by atoms with van der Waals surface area (Å²) in [6.45, 7) is 0. The van der Waals surface area contributed by atoms with Crippen LogP contribution >= 0.6 is 11.8 Å². The standard InChI is InChI=1S/C17H17N3O3S/c1-22-17(23-2)14-9-8-12(10-18)16(20-14)24-11-15(21)19-13-6-4-3-5-7-13/h3-9,17H,11H2,1-2H3,(H,19,21). The Morgan fingerprint density at radius 1 is 1.25 bits per heavy atom. The van der Waals surface area contributed by atoms with Crippen molar-refractivity contribution in [1.82, 2.24) is 4.98 Å². The number of benzene rings is 1. The third-order valence-electron chi connectivity index (χ3n) is 3.07. The Labute approximate surface area is 144 Å². The van der Waals surface area contributed by atoms with Crippen LogP contribution in [0, 0.1) is 11.3 Å². The Morgan fingerprint density at radius 3 is 2.58 bits per heavy atom. The number of pyridine rings is 1.